The lowest BCUT2D eigenvalue weighted by atomic mass is 10.0. The number of hydroxylamine groups is 1. The molecule has 5 rings (SSSR count). The number of carbonyl (C=O) groups excluding carboxylic acids is 2. The average molecular weight is 490 g/mol. The first-order valence-electron chi connectivity index (χ1n) is 11.8. The fourth-order valence-electron chi connectivity index (χ4n) is 4.64. The van der Waals surface area contributed by atoms with Crippen molar-refractivity contribution in [2.24, 2.45) is 0 Å². The molecule has 0 unspecified atom stereocenters. The van der Waals surface area contributed by atoms with Crippen LogP contribution < -0.4 is 19.9 Å². The molecule has 186 valence electrons. The van der Waals surface area contributed by atoms with Gasteiger partial charge in [0, 0.05) is 17.8 Å². The van der Waals surface area contributed by atoms with Crippen LogP contribution in [0.2, 0.25) is 0 Å². The van der Waals surface area contributed by atoms with Crippen LogP contribution in [-0.4, -0.2) is 53.1 Å². The Hall–Kier alpha value is -4.08. The number of benzene rings is 3. The molecule has 3 aromatic rings. The van der Waals surface area contributed by atoms with Gasteiger partial charge in [0.15, 0.2) is 11.5 Å². The number of likely N-dealkylation sites (tertiary alicyclic amines) is 1. The Labute approximate surface area is 208 Å². The highest BCUT2D eigenvalue weighted by atomic mass is 16.7. The number of ether oxygens (including phenoxy) is 2. The molecular formula is C27H27N3O6. The third-order valence-electron chi connectivity index (χ3n) is 6.59. The molecule has 1 atom stereocenters. The predicted molar refractivity (Wildman–Crippen MR) is 132 cm³/mol. The Morgan fingerprint density at radius 3 is 2.56 bits per heavy atom. The van der Waals surface area contributed by atoms with E-state index in [0.29, 0.717) is 29.3 Å². The van der Waals surface area contributed by atoms with E-state index < -0.39 is 5.91 Å². The van der Waals surface area contributed by atoms with E-state index in [1.807, 2.05) is 42.5 Å². The highest BCUT2D eigenvalue weighted by Crippen LogP contribution is 2.37. The number of hydrogen-bond donors (Lipinski definition) is 3. The molecule has 9 heteroatoms. The Kier molecular flexibility index (Phi) is 6.75. The third-order valence-corrected chi connectivity index (χ3v) is 6.59. The SMILES string of the molecule is O=C(NO)c1ccc(CN(C(=O)N2CCC[C@H]2CO)c2cccc(-c3ccc4c(c3)OCO4)c2)cc1. The minimum atomic E-state index is -0.603. The summed E-state index contributed by atoms with van der Waals surface area (Å²) in [6.07, 6.45) is 1.60. The second-order valence-corrected chi connectivity index (χ2v) is 8.80. The van der Waals surface area contributed by atoms with Crippen molar-refractivity contribution >= 4 is 17.6 Å². The Bertz CT molecular complexity index is 1260. The molecule has 0 aliphatic carbocycles. The fourth-order valence-corrected chi connectivity index (χ4v) is 4.64. The lowest BCUT2D eigenvalue weighted by Gasteiger charge is -2.31. The van der Waals surface area contributed by atoms with Crippen LogP contribution in [0.25, 0.3) is 11.1 Å². The van der Waals surface area contributed by atoms with E-state index in [4.69, 9.17) is 14.7 Å². The normalized spacial score (nSPS) is 16.2. The van der Waals surface area contributed by atoms with Gasteiger partial charge in [-0.2, -0.15) is 0 Å². The van der Waals surface area contributed by atoms with Crippen LogP contribution >= 0.6 is 0 Å². The number of aliphatic hydroxyl groups excluding tert-OH is 1. The van der Waals surface area contributed by atoms with Crippen molar-refractivity contribution in [2.75, 3.05) is 24.8 Å². The minimum Gasteiger partial charge on any atom is -0.454 e. The number of amides is 3. The van der Waals surface area contributed by atoms with Gasteiger partial charge >= 0.3 is 6.03 Å². The number of anilines is 1. The predicted octanol–water partition coefficient (Wildman–Crippen LogP) is 3.78. The standard InChI is InChI=1S/C27H27N3O6/c31-16-23-5-2-12-29(23)27(33)30(15-18-6-8-19(9-7-18)26(32)28-34)22-4-1-3-20(13-22)21-10-11-24-25(14-21)36-17-35-24/h1,3-4,6-11,13-14,23,31,34H,2,5,12,15-17H2,(H,28,32)/t23-/m0/s1. The van der Waals surface area contributed by atoms with Crippen molar-refractivity contribution in [3.05, 3.63) is 77.9 Å². The van der Waals surface area contributed by atoms with Crippen LogP contribution in [-0.2, 0) is 6.54 Å². The molecule has 0 spiro atoms. The zero-order valence-electron chi connectivity index (χ0n) is 19.6. The lowest BCUT2D eigenvalue weighted by Crippen LogP contribution is -2.46. The van der Waals surface area contributed by atoms with Gasteiger partial charge in [0.1, 0.15) is 0 Å². The third kappa shape index (κ3) is 4.71. The van der Waals surface area contributed by atoms with Gasteiger partial charge in [-0.3, -0.25) is 14.9 Å². The summed E-state index contributed by atoms with van der Waals surface area (Å²) in [7, 11) is 0. The van der Waals surface area contributed by atoms with Crippen molar-refractivity contribution in [1.82, 2.24) is 10.4 Å². The summed E-state index contributed by atoms with van der Waals surface area (Å²) < 4.78 is 10.9. The molecule has 0 aromatic heterocycles. The topological polar surface area (TPSA) is 112 Å². The number of aliphatic hydroxyl groups is 1. The lowest BCUT2D eigenvalue weighted by molar-refractivity contribution is 0.0706. The van der Waals surface area contributed by atoms with Crippen LogP contribution in [0.1, 0.15) is 28.8 Å². The van der Waals surface area contributed by atoms with E-state index in [0.717, 1.165) is 29.5 Å². The maximum Gasteiger partial charge on any atom is 0.325 e. The Morgan fingerprint density at radius 1 is 1.00 bits per heavy atom. The van der Waals surface area contributed by atoms with Crippen molar-refractivity contribution in [2.45, 2.75) is 25.4 Å². The molecule has 0 bridgehead atoms. The van der Waals surface area contributed by atoms with E-state index in [9.17, 15) is 14.7 Å². The van der Waals surface area contributed by atoms with E-state index in [1.165, 1.54) is 0 Å². The molecule has 1 saturated heterocycles. The number of fused-ring (bicyclic) bond motifs is 1. The molecule has 0 radical (unpaired) electrons. The van der Waals surface area contributed by atoms with Crippen LogP contribution in [0.5, 0.6) is 11.5 Å². The monoisotopic (exact) mass is 489 g/mol. The smallest absolute Gasteiger partial charge is 0.325 e. The average Bonchev–Trinajstić information content (AvgIpc) is 3.60. The van der Waals surface area contributed by atoms with E-state index in [-0.39, 0.29) is 32.0 Å². The summed E-state index contributed by atoms with van der Waals surface area (Å²) in [6.45, 7) is 0.959. The van der Waals surface area contributed by atoms with Gasteiger partial charge in [-0.1, -0.05) is 30.3 Å². The number of rotatable bonds is 6. The number of nitrogens with one attached hydrogen (secondary N) is 1. The van der Waals surface area contributed by atoms with E-state index in [1.54, 1.807) is 39.5 Å². The van der Waals surface area contributed by atoms with Gasteiger partial charge in [0.2, 0.25) is 6.79 Å². The molecule has 3 amide bonds. The summed E-state index contributed by atoms with van der Waals surface area (Å²) in [5.74, 6) is 0.781. The molecule has 0 saturated carbocycles. The quantitative estimate of drug-likeness (QED) is 0.359. The first-order chi connectivity index (χ1) is 17.6. The highest BCUT2D eigenvalue weighted by Gasteiger charge is 2.32. The zero-order chi connectivity index (χ0) is 25.1. The number of nitrogens with zero attached hydrogens (tertiary/aromatic N) is 2. The number of carbonyl (C=O) groups is 2. The second kappa shape index (κ2) is 10.3. The molecule has 9 nitrogen and oxygen atoms in total. The van der Waals surface area contributed by atoms with E-state index >= 15 is 0 Å². The maximum atomic E-state index is 13.7. The Balaban J connectivity index is 1.48. The molecule has 2 aliphatic heterocycles. The minimum absolute atomic E-state index is 0.0816. The van der Waals surface area contributed by atoms with Crippen molar-refractivity contribution in [1.29, 1.82) is 0 Å². The van der Waals surface area contributed by atoms with Gasteiger partial charge in [0.25, 0.3) is 5.91 Å². The van der Waals surface area contributed by atoms with Gasteiger partial charge in [-0.05, 0) is 65.9 Å². The first kappa shape index (κ1) is 23.7. The van der Waals surface area contributed by atoms with Gasteiger partial charge in [0.05, 0.1) is 19.2 Å². The largest absolute Gasteiger partial charge is 0.454 e. The van der Waals surface area contributed by atoms with Crippen molar-refractivity contribution in [3.8, 4) is 22.6 Å². The molecule has 36 heavy (non-hydrogen) atoms. The highest BCUT2D eigenvalue weighted by molar-refractivity contribution is 5.94. The van der Waals surface area contributed by atoms with Gasteiger partial charge in [-0.15, -0.1) is 0 Å². The van der Waals surface area contributed by atoms with Crippen LogP contribution in [0.4, 0.5) is 10.5 Å². The van der Waals surface area contributed by atoms with Gasteiger partial charge in [-0.25, -0.2) is 10.3 Å². The van der Waals surface area contributed by atoms with Gasteiger partial charge < -0.3 is 19.5 Å². The molecule has 2 aliphatic rings. The maximum absolute atomic E-state index is 13.7. The summed E-state index contributed by atoms with van der Waals surface area (Å²) in [5.41, 5.74) is 5.29. The van der Waals surface area contributed by atoms with Crippen molar-refractivity contribution < 1.29 is 29.4 Å². The first-order valence-corrected chi connectivity index (χ1v) is 11.8. The zero-order valence-corrected chi connectivity index (χ0v) is 19.6. The Morgan fingerprint density at radius 2 is 1.78 bits per heavy atom. The van der Waals surface area contributed by atoms with E-state index in [2.05, 4.69) is 0 Å². The van der Waals surface area contributed by atoms with Crippen LogP contribution in [0.15, 0.2) is 66.7 Å². The molecular weight excluding hydrogens is 462 g/mol. The summed E-state index contributed by atoms with van der Waals surface area (Å²) in [4.78, 5) is 28.8. The molecule has 3 aromatic carbocycles. The summed E-state index contributed by atoms with van der Waals surface area (Å²) in [5, 5.41) is 18.7. The fraction of sp³-hybridized carbons (Fsp3) is 0.259. The van der Waals surface area contributed by atoms with Crippen molar-refractivity contribution in [3.63, 3.8) is 0 Å². The van der Waals surface area contributed by atoms with Crippen LogP contribution in [0, 0.1) is 0 Å². The van der Waals surface area contributed by atoms with Crippen LogP contribution in [0.3, 0.4) is 0 Å². The molecule has 2 heterocycles. The number of hydrogen-bond acceptors (Lipinski definition) is 6. The number of urea groups is 1. The molecule has 1 fully saturated rings. The second-order valence-electron chi connectivity index (χ2n) is 8.80. The summed E-state index contributed by atoms with van der Waals surface area (Å²) >= 11 is 0. The molecule has 3 N–H and O–H groups in total. The summed E-state index contributed by atoms with van der Waals surface area (Å²) in [6, 6.07) is 19.7.